The third-order valence-corrected chi connectivity index (χ3v) is 2.87. The van der Waals surface area contributed by atoms with E-state index in [4.69, 9.17) is 0 Å². The molecule has 84 valence electrons. The number of aromatic hydroxyl groups is 1. The third-order valence-electron chi connectivity index (χ3n) is 2.87. The van der Waals surface area contributed by atoms with Crippen LogP contribution in [0.4, 0.5) is 0 Å². The van der Waals surface area contributed by atoms with Gasteiger partial charge in [-0.15, -0.1) is 0 Å². The van der Waals surface area contributed by atoms with Crippen molar-refractivity contribution in [3.05, 3.63) is 29.8 Å². The molecule has 0 atom stereocenters. The minimum Gasteiger partial charge on any atom is -0.508 e. The molecular weight excluding hydrogens is 186 g/mol. The molecule has 0 fully saturated rings. The van der Waals surface area contributed by atoms with Gasteiger partial charge in [0.2, 0.25) is 0 Å². The van der Waals surface area contributed by atoms with Crippen molar-refractivity contribution in [2.24, 2.45) is 5.41 Å². The Morgan fingerprint density at radius 1 is 1.27 bits per heavy atom. The molecule has 1 rings (SSSR count). The van der Waals surface area contributed by atoms with Gasteiger partial charge >= 0.3 is 0 Å². The summed E-state index contributed by atoms with van der Waals surface area (Å²) >= 11 is 0. The summed E-state index contributed by atoms with van der Waals surface area (Å²) in [6, 6.07) is 7.46. The molecule has 0 aliphatic heterocycles. The largest absolute Gasteiger partial charge is 0.508 e. The van der Waals surface area contributed by atoms with Crippen molar-refractivity contribution in [2.45, 2.75) is 33.7 Å². The van der Waals surface area contributed by atoms with Crippen LogP contribution in [0.1, 0.15) is 32.8 Å². The van der Waals surface area contributed by atoms with Crippen LogP contribution in [0.15, 0.2) is 24.3 Å². The first kappa shape index (κ1) is 12.1. The molecule has 0 heterocycles. The Bertz CT molecular complexity index is 307. The lowest BCUT2D eigenvalue weighted by Gasteiger charge is -2.23. The van der Waals surface area contributed by atoms with Crippen LogP contribution in [0, 0.1) is 5.41 Å². The van der Waals surface area contributed by atoms with Gasteiger partial charge in [-0.2, -0.15) is 0 Å². The first-order valence-corrected chi connectivity index (χ1v) is 5.53. The Hall–Kier alpha value is -1.02. The summed E-state index contributed by atoms with van der Waals surface area (Å²) in [6.45, 7) is 8.38. The van der Waals surface area contributed by atoms with Gasteiger partial charge in [-0.25, -0.2) is 0 Å². The van der Waals surface area contributed by atoms with Crippen LogP contribution >= 0.6 is 0 Å². The summed E-state index contributed by atoms with van der Waals surface area (Å²) in [5, 5.41) is 12.9. The number of hydrogen-bond donors (Lipinski definition) is 2. The minimum absolute atomic E-state index is 0.324. The fourth-order valence-electron chi connectivity index (χ4n) is 1.32. The van der Waals surface area contributed by atoms with Gasteiger partial charge in [0.25, 0.3) is 0 Å². The lowest BCUT2D eigenvalue weighted by atomic mass is 9.90. The van der Waals surface area contributed by atoms with E-state index in [0.29, 0.717) is 11.2 Å². The van der Waals surface area contributed by atoms with E-state index in [1.54, 1.807) is 6.07 Å². The molecule has 0 aliphatic carbocycles. The number of para-hydroxylation sites is 1. The maximum absolute atomic E-state index is 9.56. The molecule has 1 aromatic carbocycles. The third kappa shape index (κ3) is 3.92. The number of benzene rings is 1. The Morgan fingerprint density at radius 3 is 2.53 bits per heavy atom. The van der Waals surface area contributed by atoms with Crippen molar-refractivity contribution in [3.63, 3.8) is 0 Å². The van der Waals surface area contributed by atoms with Gasteiger partial charge in [0.05, 0.1) is 0 Å². The SMILES string of the molecule is CCC(C)(C)CNCc1ccccc1O. The number of phenolic OH excluding ortho intramolecular Hbond substituents is 1. The average Bonchev–Trinajstić information content (AvgIpc) is 2.21. The highest BCUT2D eigenvalue weighted by atomic mass is 16.3. The second kappa shape index (κ2) is 5.17. The first-order chi connectivity index (χ1) is 7.05. The molecule has 0 aliphatic rings. The van der Waals surface area contributed by atoms with Crippen LogP contribution < -0.4 is 5.32 Å². The Balaban J connectivity index is 2.42. The standard InChI is InChI=1S/C13H21NO/c1-4-13(2,3)10-14-9-11-7-5-6-8-12(11)15/h5-8,14-15H,4,9-10H2,1-3H3. The number of hydrogen-bond acceptors (Lipinski definition) is 2. The second-order valence-corrected chi connectivity index (χ2v) is 4.75. The van der Waals surface area contributed by atoms with Gasteiger partial charge in [-0.3, -0.25) is 0 Å². The molecule has 0 amide bonds. The van der Waals surface area contributed by atoms with E-state index in [-0.39, 0.29) is 0 Å². The van der Waals surface area contributed by atoms with Gasteiger partial charge in [-0.05, 0) is 17.9 Å². The fourth-order valence-corrected chi connectivity index (χ4v) is 1.32. The molecule has 1 aromatic rings. The van der Waals surface area contributed by atoms with Crippen LogP contribution in [0.25, 0.3) is 0 Å². The van der Waals surface area contributed by atoms with E-state index in [0.717, 1.165) is 25.1 Å². The Kier molecular flexibility index (Phi) is 4.15. The van der Waals surface area contributed by atoms with Gasteiger partial charge in [-0.1, -0.05) is 39.0 Å². The van der Waals surface area contributed by atoms with Gasteiger partial charge in [0.1, 0.15) is 5.75 Å². The molecule has 0 saturated carbocycles. The number of nitrogens with one attached hydrogen (secondary N) is 1. The summed E-state index contributed by atoms with van der Waals surface area (Å²) in [4.78, 5) is 0. The summed E-state index contributed by atoms with van der Waals surface area (Å²) in [5.74, 6) is 0.374. The zero-order chi connectivity index (χ0) is 11.3. The Morgan fingerprint density at radius 2 is 1.93 bits per heavy atom. The number of phenols is 1. The predicted molar refractivity (Wildman–Crippen MR) is 63.9 cm³/mol. The van der Waals surface area contributed by atoms with E-state index in [1.807, 2.05) is 18.2 Å². The molecule has 2 nitrogen and oxygen atoms in total. The molecular formula is C13H21NO. The summed E-state index contributed by atoms with van der Waals surface area (Å²) < 4.78 is 0. The lowest BCUT2D eigenvalue weighted by molar-refractivity contribution is 0.326. The fraction of sp³-hybridized carbons (Fsp3) is 0.538. The molecule has 0 aromatic heterocycles. The zero-order valence-electron chi connectivity index (χ0n) is 9.88. The molecule has 0 radical (unpaired) electrons. The van der Waals surface area contributed by atoms with Crippen molar-refractivity contribution < 1.29 is 5.11 Å². The normalized spacial score (nSPS) is 11.7. The first-order valence-electron chi connectivity index (χ1n) is 5.53. The van der Waals surface area contributed by atoms with Crippen molar-refractivity contribution in [1.82, 2.24) is 5.32 Å². The van der Waals surface area contributed by atoms with Gasteiger partial charge < -0.3 is 10.4 Å². The monoisotopic (exact) mass is 207 g/mol. The Labute approximate surface area is 92.3 Å². The van der Waals surface area contributed by atoms with Crippen LogP contribution in [0.2, 0.25) is 0 Å². The van der Waals surface area contributed by atoms with Crippen molar-refractivity contribution >= 4 is 0 Å². The van der Waals surface area contributed by atoms with E-state index in [9.17, 15) is 5.11 Å². The van der Waals surface area contributed by atoms with E-state index >= 15 is 0 Å². The molecule has 15 heavy (non-hydrogen) atoms. The van der Waals surface area contributed by atoms with Crippen molar-refractivity contribution in [1.29, 1.82) is 0 Å². The van der Waals surface area contributed by atoms with Crippen LogP contribution in [0.3, 0.4) is 0 Å². The maximum atomic E-state index is 9.56. The highest BCUT2D eigenvalue weighted by Gasteiger charge is 2.14. The molecule has 2 heteroatoms. The van der Waals surface area contributed by atoms with E-state index in [2.05, 4.69) is 26.1 Å². The second-order valence-electron chi connectivity index (χ2n) is 4.75. The topological polar surface area (TPSA) is 32.3 Å². The summed E-state index contributed by atoms with van der Waals surface area (Å²) in [7, 11) is 0. The highest BCUT2D eigenvalue weighted by molar-refractivity contribution is 5.31. The van der Waals surface area contributed by atoms with Crippen molar-refractivity contribution in [3.8, 4) is 5.75 Å². The van der Waals surface area contributed by atoms with Gasteiger partial charge in [0.15, 0.2) is 0 Å². The van der Waals surface area contributed by atoms with Crippen LogP contribution in [-0.2, 0) is 6.54 Å². The molecule has 0 saturated heterocycles. The summed E-state index contributed by atoms with van der Waals surface area (Å²) in [6.07, 6.45) is 1.15. The average molecular weight is 207 g/mol. The van der Waals surface area contributed by atoms with Crippen LogP contribution in [-0.4, -0.2) is 11.7 Å². The van der Waals surface area contributed by atoms with E-state index in [1.165, 1.54) is 0 Å². The van der Waals surface area contributed by atoms with Gasteiger partial charge in [0, 0.05) is 18.7 Å². The minimum atomic E-state index is 0.324. The molecule has 0 spiro atoms. The number of rotatable bonds is 5. The zero-order valence-corrected chi connectivity index (χ0v) is 9.88. The maximum Gasteiger partial charge on any atom is 0.120 e. The van der Waals surface area contributed by atoms with Crippen LogP contribution in [0.5, 0.6) is 5.75 Å². The lowest BCUT2D eigenvalue weighted by Crippen LogP contribution is -2.28. The van der Waals surface area contributed by atoms with Crippen molar-refractivity contribution in [2.75, 3.05) is 6.54 Å². The highest BCUT2D eigenvalue weighted by Crippen LogP contribution is 2.19. The molecule has 0 unspecified atom stereocenters. The van der Waals surface area contributed by atoms with E-state index < -0.39 is 0 Å². The quantitative estimate of drug-likeness (QED) is 0.778. The predicted octanol–water partition coefficient (Wildman–Crippen LogP) is 2.92. The summed E-state index contributed by atoms with van der Waals surface area (Å²) in [5.41, 5.74) is 1.29. The smallest absolute Gasteiger partial charge is 0.120 e. The molecule has 0 bridgehead atoms. The molecule has 2 N–H and O–H groups in total.